The fourth-order valence-corrected chi connectivity index (χ4v) is 2.48. The van der Waals surface area contributed by atoms with Crippen molar-refractivity contribution in [3.8, 4) is 11.4 Å². The smallest absolute Gasteiger partial charge is 0.254 e. The molecule has 0 unspecified atom stereocenters. The Hall–Kier alpha value is -3.36. The summed E-state index contributed by atoms with van der Waals surface area (Å²) >= 11 is 0. The molecule has 0 fully saturated rings. The van der Waals surface area contributed by atoms with Gasteiger partial charge < -0.3 is 9.84 Å². The number of pyridine rings is 1. The fraction of sp³-hybridized carbons (Fsp3) is 0.250. The SMILES string of the molecule is CCCc1cc(NCc2nc(-c3ccncc3)no2)n2ncnc2n1. The maximum absolute atomic E-state index is 5.31. The average Bonchev–Trinajstić information content (AvgIpc) is 3.30. The van der Waals surface area contributed by atoms with E-state index in [4.69, 9.17) is 4.52 Å². The Balaban J connectivity index is 1.54. The monoisotopic (exact) mass is 336 g/mol. The summed E-state index contributed by atoms with van der Waals surface area (Å²) in [7, 11) is 0. The van der Waals surface area contributed by atoms with Crippen LogP contribution in [-0.2, 0) is 13.0 Å². The van der Waals surface area contributed by atoms with Crippen molar-refractivity contribution in [1.29, 1.82) is 0 Å². The van der Waals surface area contributed by atoms with Crippen LogP contribution in [0.15, 0.2) is 41.4 Å². The van der Waals surface area contributed by atoms with E-state index in [0.717, 1.165) is 29.9 Å². The van der Waals surface area contributed by atoms with E-state index in [1.165, 1.54) is 6.33 Å². The molecule has 0 aliphatic rings. The lowest BCUT2D eigenvalue weighted by atomic mass is 10.2. The van der Waals surface area contributed by atoms with Crippen molar-refractivity contribution in [3.63, 3.8) is 0 Å². The first kappa shape index (κ1) is 15.2. The molecule has 25 heavy (non-hydrogen) atoms. The topological polar surface area (TPSA) is 107 Å². The second kappa shape index (κ2) is 6.63. The van der Waals surface area contributed by atoms with Gasteiger partial charge in [0.05, 0.1) is 6.54 Å². The van der Waals surface area contributed by atoms with E-state index < -0.39 is 0 Å². The molecule has 1 N–H and O–H groups in total. The molecule has 126 valence electrons. The molecule has 0 amide bonds. The van der Waals surface area contributed by atoms with Gasteiger partial charge >= 0.3 is 0 Å². The second-order valence-electron chi connectivity index (χ2n) is 5.46. The summed E-state index contributed by atoms with van der Waals surface area (Å²) in [4.78, 5) is 17.0. The fourth-order valence-electron chi connectivity index (χ4n) is 2.48. The maximum atomic E-state index is 5.31. The average molecular weight is 336 g/mol. The van der Waals surface area contributed by atoms with Crippen molar-refractivity contribution in [2.45, 2.75) is 26.3 Å². The third kappa shape index (κ3) is 3.16. The Morgan fingerprint density at radius 3 is 2.92 bits per heavy atom. The third-order valence-corrected chi connectivity index (χ3v) is 3.64. The van der Waals surface area contributed by atoms with Gasteiger partial charge in [-0.2, -0.15) is 19.6 Å². The summed E-state index contributed by atoms with van der Waals surface area (Å²) in [5.41, 5.74) is 1.83. The molecular formula is C16H16N8O. The number of aryl methyl sites for hydroxylation is 1. The van der Waals surface area contributed by atoms with E-state index in [2.05, 4.69) is 42.4 Å². The van der Waals surface area contributed by atoms with Crippen LogP contribution in [0.3, 0.4) is 0 Å². The van der Waals surface area contributed by atoms with Crippen molar-refractivity contribution >= 4 is 11.6 Å². The summed E-state index contributed by atoms with van der Waals surface area (Å²) in [5.74, 6) is 2.37. The predicted molar refractivity (Wildman–Crippen MR) is 89.6 cm³/mol. The zero-order valence-electron chi connectivity index (χ0n) is 13.6. The minimum absolute atomic E-state index is 0.378. The number of hydrogen-bond donors (Lipinski definition) is 1. The Morgan fingerprint density at radius 1 is 1.20 bits per heavy atom. The highest BCUT2D eigenvalue weighted by atomic mass is 16.5. The first-order valence-corrected chi connectivity index (χ1v) is 8.00. The highest BCUT2D eigenvalue weighted by Crippen LogP contribution is 2.16. The molecule has 0 atom stereocenters. The lowest BCUT2D eigenvalue weighted by molar-refractivity contribution is 0.384. The van der Waals surface area contributed by atoms with Gasteiger partial charge in [0, 0.05) is 29.7 Å². The lowest BCUT2D eigenvalue weighted by Gasteiger charge is -2.07. The van der Waals surface area contributed by atoms with Crippen LogP contribution in [0.1, 0.15) is 24.9 Å². The van der Waals surface area contributed by atoms with Crippen LogP contribution in [0.2, 0.25) is 0 Å². The molecule has 0 aromatic carbocycles. The van der Waals surface area contributed by atoms with Gasteiger partial charge in [-0.15, -0.1) is 0 Å². The number of anilines is 1. The molecule has 4 aromatic heterocycles. The van der Waals surface area contributed by atoms with Crippen LogP contribution in [0.25, 0.3) is 17.2 Å². The molecule has 9 nitrogen and oxygen atoms in total. The van der Waals surface area contributed by atoms with Crippen LogP contribution in [-0.4, -0.2) is 34.7 Å². The highest BCUT2D eigenvalue weighted by Gasteiger charge is 2.11. The third-order valence-electron chi connectivity index (χ3n) is 3.64. The Labute approximate surface area is 143 Å². The summed E-state index contributed by atoms with van der Waals surface area (Å²) in [6, 6.07) is 5.63. The molecule has 4 heterocycles. The van der Waals surface area contributed by atoms with Crippen LogP contribution in [0, 0.1) is 0 Å². The van der Waals surface area contributed by atoms with Crippen molar-refractivity contribution in [3.05, 3.63) is 48.5 Å². The van der Waals surface area contributed by atoms with Gasteiger partial charge in [-0.25, -0.2) is 4.98 Å². The van der Waals surface area contributed by atoms with Crippen LogP contribution >= 0.6 is 0 Å². The van der Waals surface area contributed by atoms with E-state index >= 15 is 0 Å². The predicted octanol–water partition coefficient (Wildman–Crippen LogP) is 2.13. The summed E-state index contributed by atoms with van der Waals surface area (Å²) < 4.78 is 6.96. The Bertz CT molecular complexity index is 978. The van der Waals surface area contributed by atoms with Gasteiger partial charge in [0.1, 0.15) is 12.1 Å². The second-order valence-corrected chi connectivity index (χ2v) is 5.46. The number of fused-ring (bicyclic) bond motifs is 1. The van der Waals surface area contributed by atoms with Gasteiger partial charge in [0.2, 0.25) is 11.7 Å². The molecule has 0 aliphatic carbocycles. The number of hydrogen-bond acceptors (Lipinski definition) is 8. The number of nitrogens with one attached hydrogen (secondary N) is 1. The summed E-state index contributed by atoms with van der Waals surface area (Å²) in [6.07, 6.45) is 6.76. The molecule has 4 aromatic rings. The molecule has 4 rings (SSSR count). The van der Waals surface area contributed by atoms with Crippen LogP contribution in [0.4, 0.5) is 5.82 Å². The van der Waals surface area contributed by atoms with Crippen molar-refractivity contribution in [2.75, 3.05) is 5.32 Å². The molecule has 0 saturated carbocycles. The number of rotatable bonds is 6. The first-order valence-electron chi connectivity index (χ1n) is 8.00. The lowest BCUT2D eigenvalue weighted by Crippen LogP contribution is -2.08. The molecule has 0 aliphatic heterocycles. The minimum Gasteiger partial charge on any atom is -0.361 e. The van der Waals surface area contributed by atoms with Gasteiger partial charge in [-0.3, -0.25) is 4.98 Å². The maximum Gasteiger partial charge on any atom is 0.254 e. The van der Waals surface area contributed by atoms with E-state index in [-0.39, 0.29) is 0 Å². The quantitative estimate of drug-likeness (QED) is 0.570. The number of nitrogens with zero attached hydrogens (tertiary/aromatic N) is 7. The first-order chi connectivity index (χ1) is 12.3. The van der Waals surface area contributed by atoms with E-state index in [0.29, 0.717) is 24.0 Å². The zero-order chi connectivity index (χ0) is 17.1. The van der Waals surface area contributed by atoms with Gasteiger partial charge in [0.25, 0.3) is 5.78 Å². The van der Waals surface area contributed by atoms with Gasteiger partial charge in [0.15, 0.2) is 0 Å². The molecule has 0 bridgehead atoms. The Morgan fingerprint density at radius 2 is 2.08 bits per heavy atom. The van der Waals surface area contributed by atoms with Crippen molar-refractivity contribution < 1.29 is 4.52 Å². The molecule has 0 spiro atoms. The normalized spacial score (nSPS) is 11.1. The highest BCUT2D eigenvalue weighted by molar-refractivity contribution is 5.52. The van der Waals surface area contributed by atoms with Gasteiger partial charge in [-0.05, 0) is 18.6 Å². The summed E-state index contributed by atoms with van der Waals surface area (Å²) in [5, 5.41) is 11.5. The van der Waals surface area contributed by atoms with E-state index in [1.807, 2.05) is 18.2 Å². The van der Waals surface area contributed by atoms with Crippen molar-refractivity contribution in [1.82, 2.24) is 34.7 Å². The number of aromatic nitrogens is 7. The van der Waals surface area contributed by atoms with Crippen molar-refractivity contribution in [2.24, 2.45) is 0 Å². The van der Waals surface area contributed by atoms with Crippen LogP contribution < -0.4 is 5.32 Å². The molecule has 9 heteroatoms. The molecule has 0 radical (unpaired) electrons. The standard InChI is InChI=1S/C16H16N8O/c1-2-3-12-8-13(24-16(21-12)19-10-20-24)18-9-14-22-15(23-25-14)11-4-6-17-7-5-11/h4-8,10,18H,2-3,9H2,1H3. The van der Waals surface area contributed by atoms with Gasteiger partial charge in [-0.1, -0.05) is 18.5 Å². The van der Waals surface area contributed by atoms with Crippen LogP contribution in [0.5, 0.6) is 0 Å². The molecular weight excluding hydrogens is 320 g/mol. The van der Waals surface area contributed by atoms with E-state index in [9.17, 15) is 0 Å². The summed E-state index contributed by atoms with van der Waals surface area (Å²) in [6.45, 7) is 2.49. The molecule has 0 saturated heterocycles. The van der Waals surface area contributed by atoms with E-state index in [1.54, 1.807) is 16.9 Å². The minimum atomic E-state index is 0.378. The zero-order valence-corrected chi connectivity index (χ0v) is 13.6. The largest absolute Gasteiger partial charge is 0.361 e. The Kier molecular flexibility index (Phi) is 4.03.